The highest BCUT2D eigenvalue weighted by molar-refractivity contribution is 7.92. The van der Waals surface area contributed by atoms with E-state index >= 15 is 0 Å². The van der Waals surface area contributed by atoms with E-state index in [0.29, 0.717) is 29.3 Å². The van der Waals surface area contributed by atoms with Crippen molar-refractivity contribution >= 4 is 21.5 Å². The van der Waals surface area contributed by atoms with Gasteiger partial charge >= 0.3 is 6.01 Å². The molecule has 0 atom stereocenters. The summed E-state index contributed by atoms with van der Waals surface area (Å²) in [7, 11) is -0.306. The number of sulfonamides is 1. The summed E-state index contributed by atoms with van der Waals surface area (Å²) in [5, 5.41) is 3.27. The average Bonchev–Trinajstić information content (AvgIpc) is 2.73. The Kier molecular flexibility index (Phi) is 6.73. The zero-order valence-corrected chi connectivity index (χ0v) is 17.9. The second-order valence-electron chi connectivity index (χ2n) is 6.57. The van der Waals surface area contributed by atoms with E-state index in [1.165, 1.54) is 7.11 Å². The van der Waals surface area contributed by atoms with Crippen molar-refractivity contribution in [2.45, 2.75) is 6.42 Å². The lowest BCUT2D eigenvalue weighted by Gasteiger charge is -2.13. The van der Waals surface area contributed by atoms with Gasteiger partial charge in [0.2, 0.25) is 10.0 Å². The standard InChI is InChI=1S/C21H24N4O4S/c1-28-16-10-8-15(9-11-16)12-13-22-20-14-19(23-21(24-20)29-2)17-6-4-5-7-18(17)25-30(3,26)27/h4-11,14,25H,12-13H2,1-3H3,(H,22,23,24). The molecule has 0 aliphatic heterocycles. The van der Waals surface area contributed by atoms with Crippen LogP contribution in [-0.4, -0.2) is 45.4 Å². The number of methoxy groups -OCH3 is 2. The first-order chi connectivity index (χ1) is 14.4. The number of nitrogens with one attached hydrogen (secondary N) is 2. The van der Waals surface area contributed by atoms with Crippen LogP contribution in [0, 0.1) is 0 Å². The van der Waals surface area contributed by atoms with Crippen LogP contribution >= 0.6 is 0 Å². The largest absolute Gasteiger partial charge is 0.497 e. The van der Waals surface area contributed by atoms with E-state index in [2.05, 4.69) is 20.0 Å². The Balaban J connectivity index is 1.80. The summed E-state index contributed by atoms with van der Waals surface area (Å²) in [5.74, 6) is 1.40. The highest BCUT2D eigenvalue weighted by atomic mass is 32.2. The fraction of sp³-hybridized carbons (Fsp3) is 0.238. The summed E-state index contributed by atoms with van der Waals surface area (Å²) in [4.78, 5) is 8.71. The minimum absolute atomic E-state index is 0.189. The van der Waals surface area contributed by atoms with Crippen molar-refractivity contribution in [2.75, 3.05) is 37.1 Å². The molecule has 0 aliphatic carbocycles. The van der Waals surface area contributed by atoms with Crippen molar-refractivity contribution in [3.63, 3.8) is 0 Å². The predicted octanol–water partition coefficient (Wildman–Crippen LogP) is 3.19. The summed E-state index contributed by atoms with van der Waals surface area (Å²) >= 11 is 0. The van der Waals surface area contributed by atoms with Gasteiger partial charge in [0.05, 0.1) is 31.9 Å². The Morgan fingerprint density at radius 1 is 0.967 bits per heavy atom. The monoisotopic (exact) mass is 428 g/mol. The summed E-state index contributed by atoms with van der Waals surface area (Å²) in [6.45, 7) is 0.648. The molecule has 0 unspecified atom stereocenters. The summed E-state index contributed by atoms with van der Waals surface area (Å²) in [6, 6.07) is 16.9. The van der Waals surface area contributed by atoms with Crippen molar-refractivity contribution in [1.82, 2.24) is 9.97 Å². The number of hydrogen-bond donors (Lipinski definition) is 2. The van der Waals surface area contributed by atoms with Gasteiger partial charge in [0, 0.05) is 18.2 Å². The van der Waals surface area contributed by atoms with Crippen LogP contribution in [0.2, 0.25) is 0 Å². The Hall–Kier alpha value is -3.33. The third-order valence-corrected chi connectivity index (χ3v) is 4.86. The Bertz CT molecular complexity index is 1100. The van der Waals surface area contributed by atoms with Crippen LogP contribution in [-0.2, 0) is 16.4 Å². The predicted molar refractivity (Wildman–Crippen MR) is 118 cm³/mol. The van der Waals surface area contributed by atoms with E-state index in [0.717, 1.165) is 24.0 Å². The summed E-state index contributed by atoms with van der Waals surface area (Å²) in [5.41, 5.74) is 2.76. The molecule has 158 valence electrons. The van der Waals surface area contributed by atoms with Crippen molar-refractivity contribution in [1.29, 1.82) is 0 Å². The molecule has 0 amide bonds. The molecule has 2 aromatic carbocycles. The van der Waals surface area contributed by atoms with Crippen molar-refractivity contribution in [3.05, 3.63) is 60.2 Å². The number of anilines is 2. The highest BCUT2D eigenvalue weighted by Crippen LogP contribution is 2.29. The fourth-order valence-electron chi connectivity index (χ4n) is 2.87. The molecule has 1 aromatic heterocycles. The normalized spacial score (nSPS) is 11.0. The molecule has 0 radical (unpaired) electrons. The van der Waals surface area contributed by atoms with Crippen molar-refractivity contribution in [3.8, 4) is 23.0 Å². The number of aromatic nitrogens is 2. The van der Waals surface area contributed by atoms with Crippen LogP contribution in [0.3, 0.4) is 0 Å². The molecule has 0 fully saturated rings. The molecule has 1 heterocycles. The molecule has 0 bridgehead atoms. The molecular formula is C21H24N4O4S. The lowest BCUT2D eigenvalue weighted by atomic mass is 10.1. The maximum Gasteiger partial charge on any atom is 0.318 e. The summed E-state index contributed by atoms with van der Waals surface area (Å²) < 4.78 is 36.3. The van der Waals surface area contributed by atoms with Crippen LogP contribution in [0.4, 0.5) is 11.5 Å². The quantitative estimate of drug-likeness (QED) is 0.540. The average molecular weight is 429 g/mol. The molecule has 8 nitrogen and oxygen atoms in total. The molecule has 0 saturated carbocycles. The molecule has 3 rings (SSSR count). The molecule has 0 saturated heterocycles. The van der Waals surface area contributed by atoms with Crippen molar-refractivity contribution < 1.29 is 17.9 Å². The van der Waals surface area contributed by atoms with Crippen LogP contribution < -0.4 is 19.5 Å². The second-order valence-corrected chi connectivity index (χ2v) is 8.32. The van der Waals surface area contributed by atoms with Gasteiger partial charge in [-0.2, -0.15) is 9.97 Å². The molecular weight excluding hydrogens is 404 g/mol. The van der Waals surface area contributed by atoms with E-state index in [-0.39, 0.29) is 6.01 Å². The molecule has 0 aliphatic rings. The number of rotatable bonds is 9. The lowest BCUT2D eigenvalue weighted by Crippen LogP contribution is -2.11. The number of para-hydroxylation sites is 1. The third-order valence-electron chi connectivity index (χ3n) is 4.27. The third kappa shape index (κ3) is 5.84. The molecule has 0 spiro atoms. The minimum Gasteiger partial charge on any atom is -0.497 e. The fourth-order valence-corrected chi connectivity index (χ4v) is 3.44. The Morgan fingerprint density at radius 3 is 2.37 bits per heavy atom. The number of benzene rings is 2. The van der Waals surface area contributed by atoms with Crippen LogP contribution in [0.5, 0.6) is 11.8 Å². The van der Waals surface area contributed by atoms with E-state index in [4.69, 9.17) is 9.47 Å². The molecule has 30 heavy (non-hydrogen) atoms. The SMILES string of the molecule is COc1ccc(CCNc2cc(-c3ccccc3NS(C)(=O)=O)nc(OC)n2)cc1. The van der Waals surface area contributed by atoms with E-state index in [1.807, 2.05) is 30.3 Å². The van der Waals surface area contributed by atoms with Gasteiger partial charge in [0.25, 0.3) is 0 Å². The minimum atomic E-state index is -3.43. The Morgan fingerprint density at radius 2 is 1.70 bits per heavy atom. The first kappa shape index (κ1) is 21.4. The summed E-state index contributed by atoms with van der Waals surface area (Å²) in [6.07, 6.45) is 1.90. The lowest BCUT2D eigenvalue weighted by molar-refractivity contribution is 0.381. The number of hydrogen-bond acceptors (Lipinski definition) is 7. The zero-order chi connectivity index (χ0) is 21.6. The van der Waals surface area contributed by atoms with Gasteiger partial charge in [-0.1, -0.05) is 30.3 Å². The zero-order valence-electron chi connectivity index (χ0n) is 17.0. The van der Waals surface area contributed by atoms with Gasteiger partial charge in [-0.25, -0.2) is 8.42 Å². The van der Waals surface area contributed by atoms with E-state index in [1.54, 1.807) is 31.4 Å². The van der Waals surface area contributed by atoms with Gasteiger partial charge in [0.15, 0.2) is 0 Å². The van der Waals surface area contributed by atoms with Crippen LogP contribution in [0.25, 0.3) is 11.3 Å². The van der Waals surface area contributed by atoms with E-state index < -0.39 is 10.0 Å². The van der Waals surface area contributed by atoms with E-state index in [9.17, 15) is 8.42 Å². The van der Waals surface area contributed by atoms with Gasteiger partial charge < -0.3 is 14.8 Å². The molecule has 9 heteroatoms. The van der Waals surface area contributed by atoms with Crippen molar-refractivity contribution in [2.24, 2.45) is 0 Å². The van der Waals surface area contributed by atoms with Gasteiger partial charge in [0.1, 0.15) is 11.6 Å². The highest BCUT2D eigenvalue weighted by Gasteiger charge is 2.13. The smallest absolute Gasteiger partial charge is 0.318 e. The van der Waals surface area contributed by atoms with Gasteiger partial charge in [-0.05, 0) is 30.2 Å². The number of ether oxygens (including phenoxy) is 2. The first-order valence-corrected chi connectivity index (χ1v) is 11.1. The van der Waals surface area contributed by atoms with Gasteiger partial charge in [-0.15, -0.1) is 0 Å². The Labute approximate surface area is 176 Å². The second kappa shape index (κ2) is 9.45. The first-order valence-electron chi connectivity index (χ1n) is 9.25. The number of nitrogens with zero attached hydrogens (tertiary/aromatic N) is 2. The topological polar surface area (TPSA) is 102 Å². The van der Waals surface area contributed by atoms with Crippen LogP contribution in [0.1, 0.15) is 5.56 Å². The maximum atomic E-state index is 11.7. The van der Waals surface area contributed by atoms with Crippen LogP contribution in [0.15, 0.2) is 54.6 Å². The molecule has 3 aromatic rings. The molecule has 2 N–H and O–H groups in total. The van der Waals surface area contributed by atoms with Gasteiger partial charge in [-0.3, -0.25) is 4.72 Å². The maximum absolute atomic E-state index is 11.7.